The molecular weight excluding hydrogens is 426 g/mol. The van der Waals surface area contributed by atoms with Crippen LogP contribution < -0.4 is 5.32 Å². The summed E-state index contributed by atoms with van der Waals surface area (Å²) in [5, 5.41) is 4.43. The van der Waals surface area contributed by atoms with E-state index in [1.54, 1.807) is 30.5 Å². The third kappa shape index (κ3) is 6.42. The Kier molecular flexibility index (Phi) is 8.46. The summed E-state index contributed by atoms with van der Waals surface area (Å²) in [6.07, 6.45) is 2.76. The Bertz CT molecular complexity index is 645. The Morgan fingerprint density at radius 3 is 2.83 bits per heavy atom. The number of hydrogen-bond acceptors (Lipinski definition) is 3. The predicted octanol–water partition coefficient (Wildman–Crippen LogP) is 3.46. The second-order valence-corrected chi connectivity index (χ2v) is 6.39. The molecule has 0 aliphatic rings. The van der Waals surface area contributed by atoms with Crippen molar-refractivity contribution in [1.82, 2.24) is 15.2 Å². The fourth-order valence-electron chi connectivity index (χ4n) is 2.17. The number of halogens is 2. The molecule has 0 spiro atoms. The molecule has 7 heteroatoms. The Labute approximate surface area is 157 Å². The molecule has 0 saturated carbocycles. The molecule has 23 heavy (non-hydrogen) atoms. The molecule has 1 heterocycles. The number of aliphatic imine (C=N–C) groups is 1. The monoisotopic (exact) mass is 448 g/mol. The molecule has 0 unspecified atom stereocenters. The van der Waals surface area contributed by atoms with E-state index in [0.29, 0.717) is 6.54 Å². The minimum absolute atomic E-state index is 0. The van der Waals surface area contributed by atoms with Crippen molar-refractivity contribution in [2.24, 2.45) is 4.99 Å². The summed E-state index contributed by atoms with van der Waals surface area (Å²) >= 11 is 1.71. The molecule has 0 atom stereocenters. The van der Waals surface area contributed by atoms with E-state index in [-0.39, 0.29) is 29.8 Å². The van der Waals surface area contributed by atoms with Crippen LogP contribution >= 0.6 is 35.3 Å². The standard InChI is InChI=1S/C16H21FN4S.HI/c1-12-10-20-15(22-12)7-8-19-16(18-2)21(3)11-13-5-4-6-14(17)9-13;/h4-6,9-10H,7-8,11H2,1-3H3,(H,18,19);1H. The lowest BCUT2D eigenvalue weighted by molar-refractivity contribution is 0.475. The van der Waals surface area contributed by atoms with Crippen LogP contribution in [0.15, 0.2) is 35.5 Å². The molecule has 1 aromatic heterocycles. The van der Waals surface area contributed by atoms with Gasteiger partial charge in [-0.05, 0) is 24.6 Å². The van der Waals surface area contributed by atoms with E-state index in [4.69, 9.17) is 0 Å². The summed E-state index contributed by atoms with van der Waals surface area (Å²) in [7, 11) is 3.69. The number of rotatable bonds is 5. The Morgan fingerprint density at radius 2 is 2.22 bits per heavy atom. The summed E-state index contributed by atoms with van der Waals surface area (Å²) in [5.41, 5.74) is 0.918. The third-order valence-electron chi connectivity index (χ3n) is 3.17. The van der Waals surface area contributed by atoms with Crippen molar-refractivity contribution in [2.75, 3.05) is 20.6 Å². The van der Waals surface area contributed by atoms with Crippen LogP contribution in [0.25, 0.3) is 0 Å². The van der Waals surface area contributed by atoms with Gasteiger partial charge in [-0.15, -0.1) is 35.3 Å². The third-order valence-corrected chi connectivity index (χ3v) is 4.15. The summed E-state index contributed by atoms with van der Waals surface area (Å²) in [5.74, 6) is 0.575. The number of thiazole rings is 1. The lowest BCUT2D eigenvalue weighted by Gasteiger charge is -2.22. The first-order chi connectivity index (χ1) is 10.6. The number of nitrogens with one attached hydrogen (secondary N) is 1. The molecular formula is C16H22FIN4S. The zero-order valence-electron chi connectivity index (χ0n) is 13.5. The van der Waals surface area contributed by atoms with Gasteiger partial charge in [0, 0.05) is 44.7 Å². The minimum atomic E-state index is -0.215. The second kappa shape index (κ2) is 9.82. The van der Waals surface area contributed by atoms with Gasteiger partial charge in [0.15, 0.2) is 5.96 Å². The zero-order valence-corrected chi connectivity index (χ0v) is 16.7. The van der Waals surface area contributed by atoms with Gasteiger partial charge >= 0.3 is 0 Å². The van der Waals surface area contributed by atoms with Crippen molar-refractivity contribution >= 4 is 41.3 Å². The maximum absolute atomic E-state index is 13.2. The van der Waals surface area contributed by atoms with Crippen LogP contribution in [0.4, 0.5) is 4.39 Å². The van der Waals surface area contributed by atoms with Crippen molar-refractivity contribution in [3.8, 4) is 0 Å². The van der Waals surface area contributed by atoms with E-state index in [1.807, 2.05) is 24.2 Å². The molecule has 2 rings (SSSR count). The van der Waals surface area contributed by atoms with Crippen molar-refractivity contribution < 1.29 is 4.39 Å². The molecule has 0 saturated heterocycles. The predicted molar refractivity (Wildman–Crippen MR) is 105 cm³/mol. The highest BCUT2D eigenvalue weighted by atomic mass is 127. The van der Waals surface area contributed by atoms with Gasteiger partial charge in [-0.1, -0.05) is 12.1 Å². The minimum Gasteiger partial charge on any atom is -0.356 e. The topological polar surface area (TPSA) is 40.5 Å². The maximum atomic E-state index is 13.2. The molecule has 4 nitrogen and oxygen atoms in total. The van der Waals surface area contributed by atoms with E-state index >= 15 is 0 Å². The number of nitrogens with zero attached hydrogens (tertiary/aromatic N) is 3. The van der Waals surface area contributed by atoms with E-state index in [9.17, 15) is 4.39 Å². The van der Waals surface area contributed by atoms with Crippen LogP contribution in [0.5, 0.6) is 0 Å². The second-order valence-electron chi connectivity index (χ2n) is 5.07. The number of guanidine groups is 1. The summed E-state index contributed by atoms with van der Waals surface area (Å²) in [6, 6.07) is 6.62. The molecule has 1 N–H and O–H groups in total. The average molecular weight is 448 g/mol. The Hall–Kier alpha value is -1.22. The molecule has 0 aliphatic carbocycles. The first-order valence-corrected chi connectivity index (χ1v) is 7.97. The molecule has 0 bridgehead atoms. The quantitative estimate of drug-likeness (QED) is 0.433. The molecule has 0 fully saturated rings. The molecule has 0 radical (unpaired) electrons. The highest BCUT2D eigenvalue weighted by Crippen LogP contribution is 2.11. The fourth-order valence-corrected chi connectivity index (χ4v) is 2.95. The van der Waals surface area contributed by atoms with Crippen LogP contribution in [0.3, 0.4) is 0 Å². The largest absolute Gasteiger partial charge is 0.356 e. The van der Waals surface area contributed by atoms with Crippen LogP contribution in [0, 0.1) is 12.7 Å². The zero-order chi connectivity index (χ0) is 15.9. The van der Waals surface area contributed by atoms with Gasteiger partial charge in [-0.2, -0.15) is 0 Å². The smallest absolute Gasteiger partial charge is 0.193 e. The lowest BCUT2D eigenvalue weighted by Crippen LogP contribution is -2.39. The van der Waals surface area contributed by atoms with Gasteiger partial charge in [0.05, 0.1) is 5.01 Å². The Morgan fingerprint density at radius 1 is 1.43 bits per heavy atom. The SMILES string of the molecule is CN=C(NCCc1ncc(C)s1)N(C)Cc1cccc(F)c1.I. The van der Waals surface area contributed by atoms with Crippen molar-refractivity contribution in [3.63, 3.8) is 0 Å². The number of benzene rings is 1. The number of hydrogen-bond donors (Lipinski definition) is 1. The van der Waals surface area contributed by atoms with Gasteiger partial charge in [-0.3, -0.25) is 4.99 Å². The first-order valence-electron chi connectivity index (χ1n) is 7.16. The molecule has 0 aliphatic heterocycles. The van der Waals surface area contributed by atoms with Gasteiger partial charge in [0.25, 0.3) is 0 Å². The maximum Gasteiger partial charge on any atom is 0.193 e. The summed E-state index contributed by atoms with van der Waals surface area (Å²) < 4.78 is 13.2. The van der Waals surface area contributed by atoms with Crippen molar-refractivity contribution in [2.45, 2.75) is 19.9 Å². The van der Waals surface area contributed by atoms with Crippen LogP contribution in [0.2, 0.25) is 0 Å². The van der Waals surface area contributed by atoms with Crippen molar-refractivity contribution in [3.05, 3.63) is 51.7 Å². The van der Waals surface area contributed by atoms with Gasteiger partial charge in [0.2, 0.25) is 0 Å². The van der Waals surface area contributed by atoms with Gasteiger partial charge < -0.3 is 10.2 Å². The first kappa shape index (κ1) is 19.8. The van der Waals surface area contributed by atoms with Crippen LogP contribution in [-0.4, -0.2) is 36.5 Å². The normalized spacial score (nSPS) is 11.0. The van der Waals surface area contributed by atoms with Crippen LogP contribution in [-0.2, 0) is 13.0 Å². The van der Waals surface area contributed by atoms with Gasteiger partial charge in [-0.25, -0.2) is 9.37 Å². The number of aryl methyl sites for hydroxylation is 1. The molecule has 2 aromatic rings. The number of aromatic nitrogens is 1. The Balaban J connectivity index is 0.00000264. The highest BCUT2D eigenvalue weighted by Gasteiger charge is 2.07. The molecule has 0 amide bonds. The fraction of sp³-hybridized carbons (Fsp3) is 0.375. The van der Waals surface area contributed by atoms with Gasteiger partial charge in [0.1, 0.15) is 5.82 Å². The van der Waals surface area contributed by atoms with E-state index in [0.717, 1.165) is 29.5 Å². The van der Waals surface area contributed by atoms with E-state index in [2.05, 4.69) is 22.2 Å². The summed E-state index contributed by atoms with van der Waals surface area (Å²) in [6.45, 7) is 3.43. The summed E-state index contributed by atoms with van der Waals surface area (Å²) in [4.78, 5) is 11.8. The lowest BCUT2D eigenvalue weighted by atomic mass is 10.2. The van der Waals surface area contributed by atoms with E-state index in [1.165, 1.54) is 10.9 Å². The van der Waals surface area contributed by atoms with Crippen LogP contribution in [0.1, 0.15) is 15.4 Å². The molecule has 1 aromatic carbocycles. The molecule has 126 valence electrons. The average Bonchev–Trinajstić information content (AvgIpc) is 2.89. The van der Waals surface area contributed by atoms with E-state index < -0.39 is 0 Å². The van der Waals surface area contributed by atoms with Crippen molar-refractivity contribution in [1.29, 1.82) is 0 Å². The highest BCUT2D eigenvalue weighted by molar-refractivity contribution is 14.0.